The molecule has 0 saturated carbocycles. The minimum Gasteiger partial charge on any atom is -0.320 e. The van der Waals surface area contributed by atoms with Gasteiger partial charge in [0.05, 0.1) is 17.9 Å². The molecule has 0 aliphatic heterocycles. The Hall–Kier alpha value is -2.53. The molecular weight excluding hydrogens is 238 g/mol. The summed E-state index contributed by atoms with van der Waals surface area (Å²) in [5.74, 6) is 0. The summed E-state index contributed by atoms with van der Waals surface area (Å²) in [5.41, 5.74) is 8.98. The molecule has 0 radical (unpaired) electrons. The van der Waals surface area contributed by atoms with E-state index in [0.29, 0.717) is 0 Å². The Morgan fingerprint density at radius 1 is 0.947 bits per heavy atom. The van der Waals surface area contributed by atoms with Gasteiger partial charge in [0, 0.05) is 29.7 Å². The van der Waals surface area contributed by atoms with Gasteiger partial charge in [0.1, 0.15) is 6.33 Å². The van der Waals surface area contributed by atoms with E-state index in [1.807, 2.05) is 36.5 Å². The number of para-hydroxylation sites is 1. The fraction of sp³-hybridized carbons (Fsp3) is 0.0714. The van der Waals surface area contributed by atoms with Crippen molar-refractivity contribution in [2.75, 3.05) is 0 Å². The molecule has 1 unspecified atom stereocenters. The third-order valence-electron chi connectivity index (χ3n) is 2.92. The van der Waals surface area contributed by atoms with Crippen molar-refractivity contribution in [3.63, 3.8) is 0 Å². The van der Waals surface area contributed by atoms with E-state index < -0.39 is 0 Å². The zero-order valence-electron chi connectivity index (χ0n) is 10.2. The summed E-state index contributed by atoms with van der Waals surface area (Å²) < 4.78 is 1.80. The summed E-state index contributed by atoms with van der Waals surface area (Å²) in [5, 5.41) is 4.33. The van der Waals surface area contributed by atoms with Gasteiger partial charge in [-0.25, -0.2) is 14.6 Å². The predicted octanol–water partition coefficient (Wildman–Crippen LogP) is 1.71. The Labute approximate surface area is 110 Å². The van der Waals surface area contributed by atoms with Gasteiger partial charge in [-0.1, -0.05) is 18.2 Å². The third kappa shape index (κ3) is 2.36. The van der Waals surface area contributed by atoms with E-state index in [0.717, 1.165) is 16.8 Å². The van der Waals surface area contributed by atoms with E-state index >= 15 is 0 Å². The normalized spacial score (nSPS) is 12.3. The predicted molar refractivity (Wildman–Crippen MR) is 71.6 cm³/mol. The molecule has 5 heteroatoms. The second kappa shape index (κ2) is 4.99. The van der Waals surface area contributed by atoms with Crippen LogP contribution in [0.15, 0.2) is 61.4 Å². The highest BCUT2D eigenvalue weighted by molar-refractivity contribution is 5.33. The van der Waals surface area contributed by atoms with Crippen LogP contribution in [0, 0.1) is 0 Å². The molecule has 0 amide bonds. The molecule has 2 aromatic heterocycles. The molecule has 1 atom stereocenters. The first-order valence-corrected chi connectivity index (χ1v) is 5.95. The zero-order chi connectivity index (χ0) is 13.1. The maximum Gasteiger partial charge on any atom is 0.115 e. The zero-order valence-corrected chi connectivity index (χ0v) is 10.2. The molecule has 3 rings (SSSR count). The first-order valence-electron chi connectivity index (χ1n) is 5.95. The van der Waals surface area contributed by atoms with Crippen LogP contribution >= 0.6 is 0 Å². The standard InChI is InChI=1S/C14H13N5/c15-14(11-6-16-10-17-7-11)12-8-18-19(9-12)13-4-2-1-3-5-13/h1-10,14H,15H2. The van der Waals surface area contributed by atoms with Crippen LogP contribution in [0.25, 0.3) is 5.69 Å². The lowest BCUT2D eigenvalue weighted by Crippen LogP contribution is -2.11. The molecule has 0 aliphatic carbocycles. The number of hydrogen-bond donors (Lipinski definition) is 1. The quantitative estimate of drug-likeness (QED) is 0.769. The van der Waals surface area contributed by atoms with Crippen LogP contribution in [0.4, 0.5) is 0 Å². The number of benzene rings is 1. The maximum absolute atomic E-state index is 6.17. The molecular formula is C14H13N5. The molecule has 2 heterocycles. The fourth-order valence-corrected chi connectivity index (χ4v) is 1.88. The molecule has 19 heavy (non-hydrogen) atoms. The Morgan fingerprint density at radius 2 is 1.68 bits per heavy atom. The number of aromatic nitrogens is 4. The Morgan fingerprint density at radius 3 is 2.42 bits per heavy atom. The van der Waals surface area contributed by atoms with Crippen molar-refractivity contribution in [3.8, 4) is 5.69 Å². The first kappa shape index (κ1) is 11.6. The second-order valence-electron chi connectivity index (χ2n) is 4.20. The summed E-state index contributed by atoms with van der Waals surface area (Å²) in [6.07, 6.45) is 8.62. The topological polar surface area (TPSA) is 69.6 Å². The average molecular weight is 251 g/mol. The first-order chi connectivity index (χ1) is 9.34. The Kier molecular flexibility index (Phi) is 3.04. The van der Waals surface area contributed by atoms with E-state index in [1.54, 1.807) is 23.3 Å². The number of rotatable bonds is 3. The molecule has 0 fully saturated rings. The molecule has 0 bridgehead atoms. The van der Waals surface area contributed by atoms with Crippen molar-refractivity contribution in [1.82, 2.24) is 19.7 Å². The van der Waals surface area contributed by atoms with Crippen LogP contribution in [0.2, 0.25) is 0 Å². The third-order valence-corrected chi connectivity index (χ3v) is 2.92. The van der Waals surface area contributed by atoms with Gasteiger partial charge in [-0.15, -0.1) is 0 Å². The lowest BCUT2D eigenvalue weighted by atomic mass is 10.1. The van der Waals surface area contributed by atoms with E-state index in [-0.39, 0.29) is 6.04 Å². The van der Waals surface area contributed by atoms with Crippen LogP contribution in [0.3, 0.4) is 0 Å². The summed E-state index contributed by atoms with van der Waals surface area (Å²) >= 11 is 0. The van der Waals surface area contributed by atoms with Crippen LogP contribution < -0.4 is 5.73 Å². The van der Waals surface area contributed by atoms with Gasteiger partial charge < -0.3 is 5.73 Å². The molecule has 0 saturated heterocycles. The van der Waals surface area contributed by atoms with Crippen molar-refractivity contribution in [1.29, 1.82) is 0 Å². The van der Waals surface area contributed by atoms with Gasteiger partial charge in [-0.05, 0) is 12.1 Å². The minimum atomic E-state index is -0.265. The average Bonchev–Trinajstić information content (AvgIpc) is 2.98. The SMILES string of the molecule is NC(c1cncnc1)c1cnn(-c2ccccc2)c1. The van der Waals surface area contributed by atoms with Gasteiger partial charge in [-0.2, -0.15) is 5.10 Å². The summed E-state index contributed by atoms with van der Waals surface area (Å²) in [4.78, 5) is 7.96. The van der Waals surface area contributed by atoms with Crippen LogP contribution in [0.5, 0.6) is 0 Å². The molecule has 2 N–H and O–H groups in total. The van der Waals surface area contributed by atoms with E-state index in [4.69, 9.17) is 5.73 Å². The van der Waals surface area contributed by atoms with Crippen LogP contribution in [-0.4, -0.2) is 19.7 Å². The molecule has 1 aromatic carbocycles. The van der Waals surface area contributed by atoms with E-state index in [2.05, 4.69) is 15.1 Å². The van der Waals surface area contributed by atoms with Gasteiger partial charge in [0.2, 0.25) is 0 Å². The summed E-state index contributed by atoms with van der Waals surface area (Å²) in [6, 6.07) is 9.64. The summed E-state index contributed by atoms with van der Waals surface area (Å²) in [6.45, 7) is 0. The van der Waals surface area contributed by atoms with Crippen molar-refractivity contribution in [2.45, 2.75) is 6.04 Å². The largest absolute Gasteiger partial charge is 0.320 e. The highest BCUT2D eigenvalue weighted by Crippen LogP contribution is 2.18. The molecule has 0 spiro atoms. The molecule has 0 aliphatic rings. The lowest BCUT2D eigenvalue weighted by molar-refractivity contribution is 0.846. The van der Waals surface area contributed by atoms with Gasteiger partial charge in [-0.3, -0.25) is 0 Å². The van der Waals surface area contributed by atoms with Crippen LogP contribution in [0.1, 0.15) is 17.2 Å². The van der Waals surface area contributed by atoms with Gasteiger partial charge in [0.15, 0.2) is 0 Å². The van der Waals surface area contributed by atoms with Crippen molar-refractivity contribution < 1.29 is 0 Å². The molecule has 5 nitrogen and oxygen atoms in total. The van der Waals surface area contributed by atoms with Gasteiger partial charge >= 0.3 is 0 Å². The highest BCUT2D eigenvalue weighted by atomic mass is 15.3. The second-order valence-corrected chi connectivity index (χ2v) is 4.20. The number of nitrogens with two attached hydrogens (primary N) is 1. The molecule has 3 aromatic rings. The Bertz CT molecular complexity index is 648. The smallest absolute Gasteiger partial charge is 0.115 e. The van der Waals surface area contributed by atoms with Crippen molar-refractivity contribution in [3.05, 3.63) is 72.6 Å². The van der Waals surface area contributed by atoms with Crippen molar-refractivity contribution in [2.24, 2.45) is 5.73 Å². The fourth-order valence-electron chi connectivity index (χ4n) is 1.88. The highest BCUT2D eigenvalue weighted by Gasteiger charge is 2.12. The lowest BCUT2D eigenvalue weighted by Gasteiger charge is -2.07. The number of nitrogens with zero attached hydrogens (tertiary/aromatic N) is 4. The van der Waals surface area contributed by atoms with Crippen LogP contribution in [-0.2, 0) is 0 Å². The maximum atomic E-state index is 6.17. The number of hydrogen-bond acceptors (Lipinski definition) is 4. The molecule has 94 valence electrons. The monoisotopic (exact) mass is 251 g/mol. The van der Waals surface area contributed by atoms with Crippen molar-refractivity contribution >= 4 is 0 Å². The van der Waals surface area contributed by atoms with Gasteiger partial charge in [0.25, 0.3) is 0 Å². The van der Waals surface area contributed by atoms with E-state index in [9.17, 15) is 0 Å². The Balaban J connectivity index is 1.90. The minimum absolute atomic E-state index is 0.265. The summed E-state index contributed by atoms with van der Waals surface area (Å²) in [7, 11) is 0. The van der Waals surface area contributed by atoms with E-state index in [1.165, 1.54) is 6.33 Å².